The zero-order valence-corrected chi connectivity index (χ0v) is 7.56. The molecule has 0 spiro atoms. The SMILES string of the molecule is [CH2]C[CH]N1C(=O)c2ccccc2C1=O. The summed E-state index contributed by atoms with van der Waals surface area (Å²) in [4.78, 5) is 24.4. The maximum Gasteiger partial charge on any atom is 0.261 e. The summed E-state index contributed by atoms with van der Waals surface area (Å²) in [5.41, 5.74) is 0.949. The summed E-state index contributed by atoms with van der Waals surface area (Å²) in [6.45, 7) is 5.08. The summed E-state index contributed by atoms with van der Waals surface area (Å²) in [5.74, 6) is -0.511. The third-order valence-corrected chi connectivity index (χ3v) is 2.14. The van der Waals surface area contributed by atoms with Crippen molar-refractivity contribution in [3.63, 3.8) is 0 Å². The van der Waals surface area contributed by atoms with Gasteiger partial charge in [-0.3, -0.25) is 14.5 Å². The number of benzene rings is 1. The van der Waals surface area contributed by atoms with Gasteiger partial charge in [0.15, 0.2) is 0 Å². The largest absolute Gasteiger partial charge is 0.269 e. The van der Waals surface area contributed by atoms with Gasteiger partial charge in [0.25, 0.3) is 11.8 Å². The number of amides is 2. The molecular formula is C11H9NO2. The normalized spacial score (nSPS) is 14.8. The van der Waals surface area contributed by atoms with Crippen LogP contribution < -0.4 is 0 Å². The minimum Gasteiger partial charge on any atom is -0.269 e. The minimum absolute atomic E-state index is 0.255. The molecule has 0 N–H and O–H groups in total. The molecule has 0 aliphatic carbocycles. The standard InChI is InChI=1S/C11H9NO2/c1-2-7-12-10(13)8-5-3-4-6-9(8)11(12)14/h3-7H,1-2H2. The van der Waals surface area contributed by atoms with E-state index < -0.39 is 0 Å². The highest BCUT2D eigenvalue weighted by Crippen LogP contribution is 2.23. The third-order valence-electron chi connectivity index (χ3n) is 2.14. The Morgan fingerprint density at radius 2 is 1.64 bits per heavy atom. The molecule has 0 saturated carbocycles. The molecule has 1 heterocycles. The van der Waals surface area contributed by atoms with Gasteiger partial charge in [-0.25, -0.2) is 0 Å². The van der Waals surface area contributed by atoms with Crippen molar-refractivity contribution in [2.45, 2.75) is 6.42 Å². The molecular weight excluding hydrogens is 178 g/mol. The van der Waals surface area contributed by atoms with E-state index >= 15 is 0 Å². The number of fused-ring (bicyclic) bond motifs is 1. The summed E-state index contributed by atoms with van der Waals surface area (Å²) in [5, 5.41) is 0. The molecule has 0 unspecified atom stereocenters. The van der Waals surface area contributed by atoms with Crippen molar-refractivity contribution in [3.8, 4) is 0 Å². The van der Waals surface area contributed by atoms with Crippen molar-refractivity contribution in [1.82, 2.24) is 4.90 Å². The van der Waals surface area contributed by atoms with Crippen LogP contribution in [0.4, 0.5) is 0 Å². The Morgan fingerprint density at radius 3 is 2.07 bits per heavy atom. The Bertz CT molecular complexity index is 363. The molecule has 3 nitrogen and oxygen atoms in total. The fourth-order valence-electron chi connectivity index (χ4n) is 1.50. The Morgan fingerprint density at radius 1 is 1.14 bits per heavy atom. The molecule has 2 rings (SSSR count). The Hall–Kier alpha value is -1.64. The fraction of sp³-hybridized carbons (Fsp3) is 0.0909. The average Bonchev–Trinajstić information content (AvgIpc) is 2.45. The van der Waals surface area contributed by atoms with E-state index in [0.717, 1.165) is 4.90 Å². The first kappa shape index (κ1) is 8.94. The number of carbonyl (C=O) groups is 2. The molecule has 14 heavy (non-hydrogen) atoms. The van der Waals surface area contributed by atoms with E-state index in [1.165, 1.54) is 6.54 Å². The van der Waals surface area contributed by atoms with Crippen LogP contribution in [0.15, 0.2) is 24.3 Å². The molecule has 3 heteroatoms. The number of nitrogens with zero attached hydrogens (tertiary/aromatic N) is 1. The second-order valence-electron chi connectivity index (χ2n) is 3.00. The zero-order chi connectivity index (χ0) is 10.1. The van der Waals surface area contributed by atoms with Gasteiger partial charge in [-0.2, -0.15) is 0 Å². The van der Waals surface area contributed by atoms with Crippen LogP contribution >= 0.6 is 0 Å². The van der Waals surface area contributed by atoms with Crippen molar-refractivity contribution in [2.24, 2.45) is 0 Å². The molecule has 0 aromatic heterocycles. The van der Waals surface area contributed by atoms with Gasteiger partial charge in [-0.1, -0.05) is 19.1 Å². The molecule has 0 bridgehead atoms. The van der Waals surface area contributed by atoms with E-state index in [4.69, 9.17) is 0 Å². The zero-order valence-electron chi connectivity index (χ0n) is 7.56. The molecule has 1 aliphatic rings. The first-order valence-electron chi connectivity index (χ1n) is 4.35. The summed E-state index contributed by atoms with van der Waals surface area (Å²) >= 11 is 0. The molecule has 0 atom stereocenters. The van der Waals surface area contributed by atoms with Crippen molar-refractivity contribution in [1.29, 1.82) is 0 Å². The van der Waals surface area contributed by atoms with E-state index in [-0.39, 0.29) is 11.8 Å². The summed E-state index contributed by atoms with van der Waals surface area (Å²) < 4.78 is 0. The molecule has 2 amide bonds. The van der Waals surface area contributed by atoms with E-state index in [9.17, 15) is 9.59 Å². The van der Waals surface area contributed by atoms with Crippen LogP contribution in [0.1, 0.15) is 27.1 Å². The van der Waals surface area contributed by atoms with Crippen molar-refractivity contribution in [2.75, 3.05) is 0 Å². The molecule has 0 fully saturated rings. The van der Waals surface area contributed by atoms with Crippen LogP contribution in [-0.2, 0) is 0 Å². The molecule has 1 aromatic rings. The maximum atomic E-state index is 11.6. The van der Waals surface area contributed by atoms with Gasteiger partial charge in [0.05, 0.1) is 17.7 Å². The number of carbonyl (C=O) groups excluding carboxylic acids is 2. The second kappa shape index (κ2) is 3.25. The smallest absolute Gasteiger partial charge is 0.261 e. The van der Waals surface area contributed by atoms with Gasteiger partial charge in [0, 0.05) is 0 Å². The van der Waals surface area contributed by atoms with Gasteiger partial charge < -0.3 is 0 Å². The maximum absolute atomic E-state index is 11.6. The van der Waals surface area contributed by atoms with Gasteiger partial charge >= 0.3 is 0 Å². The van der Waals surface area contributed by atoms with Gasteiger partial charge in [0.2, 0.25) is 0 Å². The van der Waals surface area contributed by atoms with E-state index in [1.807, 2.05) is 0 Å². The van der Waals surface area contributed by atoms with Gasteiger partial charge in [-0.15, -0.1) is 0 Å². The van der Waals surface area contributed by atoms with Crippen LogP contribution in [0.3, 0.4) is 0 Å². The predicted molar refractivity (Wildman–Crippen MR) is 51.2 cm³/mol. The average molecular weight is 187 g/mol. The number of hydrogen-bond acceptors (Lipinski definition) is 2. The van der Waals surface area contributed by atoms with E-state index in [0.29, 0.717) is 17.5 Å². The number of hydrogen-bond donors (Lipinski definition) is 0. The fourth-order valence-corrected chi connectivity index (χ4v) is 1.50. The number of imide groups is 1. The lowest BCUT2D eigenvalue weighted by atomic mass is 10.1. The highest BCUT2D eigenvalue weighted by Gasteiger charge is 2.34. The highest BCUT2D eigenvalue weighted by molar-refractivity contribution is 6.21. The monoisotopic (exact) mass is 187 g/mol. The molecule has 0 saturated heterocycles. The van der Waals surface area contributed by atoms with Crippen LogP contribution in [0.25, 0.3) is 0 Å². The van der Waals surface area contributed by atoms with Crippen molar-refractivity contribution >= 4 is 11.8 Å². The highest BCUT2D eigenvalue weighted by atomic mass is 16.2. The molecule has 70 valence electrons. The van der Waals surface area contributed by atoms with Crippen molar-refractivity contribution < 1.29 is 9.59 Å². The van der Waals surface area contributed by atoms with E-state index in [1.54, 1.807) is 24.3 Å². The van der Waals surface area contributed by atoms with Crippen LogP contribution in [0, 0.1) is 13.5 Å². The summed E-state index contributed by atoms with van der Waals surface area (Å²) in [6.07, 6.45) is 0.422. The lowest BCUT2D eigenvalue weighted by molar-refractivity contribution is 0.0695. The quantitative estimate of drug-likeness (QED) is 0.660. The summed E-state index contributed by atoms with van der Waals surface area (Å²) in [7, 11) is 0. The molecule has 1 aromatic carbocycles. The second-order valence-corrected chi connectivity index (χ2v) is 3.00. The topological polar surface area (TPSA) is 37.4 Å². The van der Waals surface area contributed by atoms with Crippen LogP contribution in [-0.4, -0.2) is 16.7 Å². The first-order valence-corrected chi connectivity index (χ1v) is 4.35. The summed E-state index contributed by atoms with van der Waals surface area (Å²) in [6, 6.07) is 6.81. The Balaban J connectivity index is 2.43. The number of rotatable bonds is 2. The predicted octanol–water partition coefficient (Wildman–Crippen LogP) is 1.67. The molecule has 1 aliphatic heterocycles. The minimum atomic E-state index is -0.255. The lowest BCUT2D eigenvalue weighted by Gasteiger charge is -2.10. The third kappa shape index (κ3) is 1.13. The first-order chi connectivity index (χ1) is 6.75. The Kier molecular flexibility index (Phi) is 2.08. The van der Waals surface area contributed by atoms with Gasteiger partial charge in [0.1, 0.15) is 0 Å². The van der Waals surface area contributed by atoms with E-state index in [2.05, 4.69) is 6.92 Å². The Labute approximate surface area is 82.3 Å². The van der Waals surface area contributed by atoms with Crippen molar-refractivity contribution in [3.05, 3.63) is 48.9 Å². The lowest BCUT2D eigenvalue weighted by Crippen LogP contribution is -2.26. The van der Waals surface area contributed by atoms with Gasteiger partial charge in [-0.05, 0) is 18.6 Å². The van der Waals surface area contributed by atoms with Crippen LogP contribution in [0.2, 0.25) is 0 Å². The molecule has 2 radical (unpaired) electrons. The van der Waals surface area contributed by atoms with Crippen LogP contribution in [0.5, 0.6) is 0 Å².